The molecule has 2 rings (SSSR count). The lowest BCUT2D eigenvalue weighted by molar-refractivity contribution is -0.139. The van der Waals surface area contributed by atoms with Crippen LogP contribution in [0.15, 0.2) is 47.6 Å². The Labute approximate surface area is 191 Å². The number of nitrogens with zero attached hydrogens (tertiary/aromatic N) is 1. The Bertz CT molecular complexity index is 981. The molecule has 2 aromatic rings. The van der Waals surface area contributed by atoms with Crippen molar-refractivity contribution in [3.05, 3.63) is 58.6 Å². The SMILES string of the molecule is COCCCNC(=O)C(=O)N/N=C/c1ccccc1OCC(=O)Nc1cc(Cl)ccc1C. The van der Waals surface area contributed by atoms with Gasteiger partial charge in [0.25, 0.3) is 5.91 Å². The molecule has 0 aliphatic rings. The van der Waals surface area contributed by atoms with E-state index in [0.717, 1.165) is 5.56 Å². The standard InChI is InChI=1S/C22H25ClN4O5/c1-15-8-9-17(23)12-18(15)26-20(28)14-32-19-7-4-3-6-16(19)13-25-27-22(30)21(29)24-10-5-11-31-2/h3-4,6-9,12-13H,5,10-11,14H2,1-2H3,(H,24,29)(H,26,28)(H,27,30)/b25-13+. The third-order valence-electron chi connectivity index (χ3n) is 4.14. The minimum absolute atomic E-state index is 0.243. The Balaban J connectivity index is 1.87. The Hall–Kier alpha value is -3.43. The molecule has 0 aromatic heterocycles. The van der Waals surface area contributed by atoms with Crippen LogP contribution >= 0.6 is 11.6 Å². The van der Waals surface area contributed by atoms with Crippen LogP contribution < -0.4 is 20.8 Å². The second-order valence-corrected chi connectivity index (χ2v) is 7.07. The van der Waals surface area contributed by atoms with E-state index < -0.39 is 11.8 Å². The van der Waals surface area contributed by atoms with Crippen molar-refractivity contribution in [1.82, 2.24) is 10.7 Å². The largest absolute Gasteiger partial charge is 0.483 e. The fraction of sp³-hybridized carbons (Fsp3) is 0.273. The van der Waals surface area contributed by atoms with Crippen molar-refractivity contribution in [2.24, 2.45) is 5.10 Å². The predicted molar refractivity (Wildman–Crippen MR) is 122 cm³/mol. The molecular formula is C22H25ClN4O5. The molecule has 0 bridgehead atoms. The minimum atomic E-state index is -0.895. The number of rotatable bonds is 10. The summed E-state index contributed by atoms with van der Waals surface area (Å²) in [6.45, 7) is 2.41. The van der Waals surface area contributed by atoms with E-state index in [0.29, 0.717) is 41.6 Å². The van der Waals surface area contributed by atoms with E-state index in [-0.39, 0.29) is 12.5 Å². The van der Waals surface area contributed by atoms with Gasteiger partial charge in [0.15, 0.2) is 6.61 Å². The highest BCUT2D eigenvalue weighted by molar-refractivity contribution is 6.35. The van der Waals surface area contributed by atoms with Gasteiger partial charge in [-0.05, 0) is 43.2 Å². The van der Waals surface area contributed by atoms with Crippen molar-refractivity contribution in [1.29, 1.82) is 0 Å². The lowest BCUT2D eigenvalue weighted by Crippen LogP contribution is -2.38. The van der Waals surface area contributed by atoms with Gasteiger partial charge in [-0.25, -0.2) is 5.43 Å². The Morgan fingerprint density at radius 3 is 2.69 bits per heavy atom. The quantitative estimate of drug-likeness (QED) is 0.217. The highest BCUT2D eigenvalue weighted by Gasteiger charge is 2.12. The number of benzene rings is 2. The lowest BCUT2D eigenvalue weighted by atomic mass is 10.2. The third-order valence-corrected chi connectivity index (χ3v) is 4.37. The van der Waals surface area contributed by atoms with E-state index in [1.54, 1.807) is 49.6 Å². The van der Waals surface area contributed by atoms with Crippen LogP contribution in [-0.4, -0.2) is 50.8 Å². The minimum Gasteiger partial charge on any atom is -0.483 e. The Morgan fingerprint density at radius 1 is 1.12 bits per heavy atom. The summed E-state index contributed by atoms with van der Waals surface area (Å²) in [6, 6.07) is 12.0. The highest BCUT2D eigenvalue weighted by atomic mass is 35.5. The average Bonchev–Trinajstić information content (AvgIpc) is 2.78. The van der Waals surface area contributed by atoms with Crippen molar-refractivity contribution < 1.29 is 23.9 Å². The van der Waals surface area contributed by atoms with Gasteiger partial charge in [0.05, 0.1) is 6.21 Å². The smallest absolute Gasteiger partial charge is 0.329 e. The monoisotopic (exact) mass is 460 g/mol. The van der Waals surface area contributed by atoms with Crippen LogP contribution in [-0.2, 0) is 19.1 Å². The molecule has 170 valence electrons. The van der Waals surface area contributed by atoms with E-state index in [2.05, 4.69) is 21.2 Å². The number of anilines is 1. The number of amides is 3. The summed E-state index contributed by atoms with van der Waals surface area (Å²) in [4.78, 5) is 35.7. The third kappa shape index (κ3) is 8.37. The Morgan fingerprint density at radius 2 is 1.91 bits per heavy atom. The zero-order valence-electron chi connectivity index (χ0n) is 17.8. The van der Waals surface area contributed by atoms with Crippen LogP contribution in [0.5, 0.6) is 5.75 Å². The fourth-order valence-corrected chi connectivity index (χ4v) is 2.66. The number of para-hydroxylation sites is 1. The number of hydrazone groups is 1. The molecule has 0 aliphatic carbocycles. The highest BCUT2D eigenvalue weighted by Crippen LogP contribution is 2.20. The number of aryl methyl sites for hydroxylation is 1. The van der Waals surface area contributed by atoms with E-state index in [1.807, 2.05) is 6.92 Å². The summed E-state index contributed by atoms with van der Waals surface area (Å²) in [7, 11) is 1.55. The van der Waals surface area contributed by atoms with E-state index >= 15 is 0 Å². The molecule has 0 aliphatic heterocycles. The van der Waals surface area contributed by atoms with Gasteiger partial charge in [-0.15, -0.1) is 0 Å². The summed E-state index contributed by atoms with van der Waals surface area (Å²) in [5, 5.41) is 9.49. The van der Waals surface area contributed by atoms with E-state index in [1.165, 1.54) is 6.21 Å². The number of halogens is 1. The molecule has 0 radical (unpaired) electrons. The van der Waals surface area contributed by atoms with Crippen molar-refractivity contribution >= 4 is 41.2 Å². The van der Waals surface area contributed by atoms with Gasteiger partial charge in [0.2, 0.25) is 0 Å². The van der Waals surface area contributed by atoms with Crippen LogP contribution in [0.2, 0.25) is 5.02 Å². The van der Waals surface area contributed by atoms with Gasteiger partial charge in [-0.3, -0.25) is 14.4 Å². The molecule has 0 fully saturated rings. The van der Waals surface area contributed by atoms with Crippen LogP contribution in [0.25, 0.3) is 0 Å². The summed E-state index contributed by atoms with van der Waals surface area (Å²) >= 11 is 5.96. The molecule has 3 N–H and O–H groups in total. The zero-order chi connectivity index (χ0) is 23.3. The van der Waals surface area contributed by atoms with Crippen molar-refractivity contribution in [2.45, 2.75) is 13.3 Å². The van der Waals surface area contributed by atoms with Gasteiger partial charge in [0.1, 0.15) is 5.75 Å². The maximum Gasteiger partial charge on any atom is 0.329 e. The normalized spacial score (nSPS) is 10.6. The van der Waals surface area contributed by atoms with Crippen LogP contribution in [0.3, 0.4) is 0 Å². The number of carbonyl (C=O) groups is 3. The molecule has 0 spiro atoms. The maximum absolute atomic E-state index is 12.2. The fourth-order valence-electron chi connectivity index (χ4n) is 2.49. The topological polar surface area (TPSA) is 118 Å². The summed E-state index contributed by atoms with van der Waals surface area (Å²) < 4.78 is 10.4. The predicted octanol–water partition coefficient (Wildman–Crippen LogP) is 2.27. The number of ether oxygens (including phenoxy) is 2. The molecule has 0 unspecified atom stereocenters. The van der Waals surface area contributed by atoms with E-state index in [9.17, 15) is 14.4 Å². The van der Waals surface area contributed by atoms with Gasteiger partial charge in [-0.1, -0.05) is 29.8 Å². The molecule has 2 aromatic carbocycles. The second-order valence-electron chi connectivity index (χ2n) is 6.64. The van der Waals surface area contributed by atoms with Crippen LogP contribution in [0.4, 0.5) is 5.69 Å². The first kappa shape index (κ1) is 24.8. The first-order chi connectivity index (χ1) is 15.4. The van der Waals surface area contributed by atoms with Gasteiger partial charge in [0, 0.05) is 36.5 Å². The van der Waals surface area contributed by atoms with Gasteiger partial charge < -0.3 is 20.1 Å². The lowest BCUT2D eigenvalue weighted by Gasteiger charge is -2.11. The average molecular weight is 461 g/mol. The van der Waals surface area contributed by atoms with Gasteiger partial charge >= 0.3 is 11.8 Å². The number of carbonyl (C=O) groups excluding carboxylic acids is 3. The first-order valence-electron chi connectivity index (χ1n) is 9.78. The van der Waals surface area contributed by atoms with Crippen molar-refractivity contribution in [3.63, 3.8) is 0 Å². The Kier molecular flexibility index (Phi) is 10.2. The molecule has 3 amide bonds. The molecule has 0 saturated heterocycles. The van der Waals surface area contributed by atoms with Crippen molar-refractivity contribution in [3.8, 4) is 5.75 Å². The van der Waals surface area contributed by atoms with E-state index in [4.69, 9.17) is 21.1 Å². The zero-order valence-corrected chi connectivity index (χ0v) is 18.6. The first-order valence-corrected chi connectivity index (χ1v) is 10.2. The second kappa shape index (κ2) is 13.1. The molecule has 10 heteroatoms. The summed E-state index contributed by atoms with van der Waals surface area (Å²) in [6.07, 6.45) is 1.92. The molecular weight excluding hydrogens is 436 g/mol. The number of hydrogen-bond donors (Lipinski definition) is 3. The number of nitrogens with one attached hydrogen (secondary N) is 3. The summed E-state index contributed by atoms with van der Waals surface area (Å²) in [5.41, 5.74) is 4.13. The number of hydrogen-bond acceptors (Lipinski definition) is 6. The molecule has 0 saturated carbocycles. The molecule has 0 heterocycles. The molecule has 9 nitrogen and oxygen atoms in total. The maximum atomic E-state index is 12.2. The molecule has 32 heavy (non-hydrogen) atoms. The van der Waals surface area contributed by atoms with Crippen LogP contribution in [0, 0.1) is 6.92 Å². The summed E-state index contributed by atoms with van der Waals surface area (Å²) in [5.74, 6) is -1.67. The van der Waals surface area contributed by atoms with Gasteiger partial charge in [-0.2, -0.15) is 5.10 Å². The van der Waals surface area contributed by atoms with Crippen molar-refractivity contribution in [2.75, 3.05) is 32.2 Å². The number of methoxy groups -OCH3 is 1. The van der Waals surface area contributed by atoms with Crippen LogP contribution in [0.1, 0.15) is 17.5 Å². The molecule has 0 atom stereocenters.